The number of nitrogens with two attached hydrogens (primary N) is 1. The van der Waals surface area contributed by atoms with Gasteiger partial charge in [-0.3, -0.25) is 0 Å². The van der Waals surface area contributed by atoms with Crippen LogP contribution in [-0.2, 0) is 4.74 Å². The molecule has 3 rings (SSSR count). The minimum absolute atomic E-state index is 0.343. The first-order valence-corrected chi connectivity index (χ1v) is 9.30. The van der Waals surface area contributed by atoms with E-state index < -0.39 is 23.7 Å². The van der Waals surface area contributed by atoms with E-state index in [1.54, 1.807) is 11.8 Å². The summed E-state index contributed by atoms with van der Waals surface area (Å²) in [5.74, 6) is 6.59. The number of aromatic nitrogens is 3. The molecule has 130 valence electrons. The van der Waals surface area contributed by atoms with Gasteiger partial charge in [0.25, 0.3) is 0 Å². The molecule has 1 aliphatic heterocycles. The molecule has 1 saturated heterocycles. The average Bonchev–Trinajstić information content (AvgIpc) is 3.10. The van der Waals surface area contributed by atoms with Crippen molar-refractivity contribution in [1.29, 1.82) is 0 Å². The molecule has 4 atom stereocenters. The van der Waals surface area contributed by atoms with Crippen LogP contribution in [0.4, 0.5) is 0 Å². The van der Waals surface area contributed by atoms with E-state index >= 15 is 0 Å². The summed E-state index contributed by atoms with van der Waals surface area (Å²) in [6.45, 7) is -0.378. The van der Waals surface area contributed by atoms with Crippen LogP contribution in [0.1, 0.15) is 0 Å². The van der Waals surface area contributed by atoms with Gasteiger partial charge in [-0.2, -0.15) is 0 Å². The molecular formula is C14H18N4O4S2. The van der Waals surface area contributed by atoms with Crippen LogP contribution in [0.25, 0.3) is 11.4 Å². The van der Waals surface area contributed by atoms with Crippen molar-refractivity contribution in [3.05, 3.63) is 24.3 Å². The standard InChI is InChI=1S/C14H18N4O4S2/c1-23-9-5-3-2-4-7(9)12-16-17-14(18(12)15)24-13-11(21)10(20)8(6-19)22-13/h2-5,8,10-11,13,19-21H,6,15H2,1H3/t8-,10-,11-,13+/m1/s1. The zero-order valence-electron chi connectivity index (χ0n) is 12.8. The molecule has 1 aliphatic rings. The Labute approximate surface area is 147 Å². The predicted octanol–water partition coefficient (Wildman–Crippen LogP) is -0.0881. The van der Waals surface area contributed by atoms with Crippen molar-refractivity contribution < 1.29 is 20.1 Å². The summed E-state index contributed by atoms with van der Waals surface area (Å²) in [6, 6.07) is 7.69. The largest absolute Gasteiger partial charge is 0.394 e. The molecule has 5 N–H and O–H groups in total. The van der Waals surface area contributed by atoms with Crippen molar-refractivity contribution in [3.63, 3.8) is 0 Å². The maximum Gasteiger partial charge on any atom is 0.212 e. The van der Waals surface area contributed by atoms with Gasteiger partial charge in [0.15, 0.2) is 5.82 Å². The van der Waals surface area contributed by atoms with Crippen LogP contribution in [0.15, 0.2) is 34.3 Å². The molecule has 0 aliphatic carbocycles. The summed E-state index contributed by atoms with van der Waals surface area (Å²) in [7, 11) is 0. The van der Waals surface area contributed by atoms with Gasteiger partial charge in [0.2, 0.25) is 5.16 Å². The van der Waals surface area contributed by atoms with E-state index in [2.05, 4.69) is 10.2 Å². The lowest BCUT2D eigenvalue weighted by Crippen LogP contribution is -2.33. The number of ether oxygens (including phenoxy) is 1. The van der Waals surface area contributed by atoms with Crippen LogP contribution >= 0.6 is 23.5 Å². The molecule has 0 radical (unpaired) electrons. The third-order valence-electron chi connectivity index (χ3n) is 3.73. The highest BCUT2D eigenvalue weighted by molar-refractivity contribution is 7.99. The van der Waals surface area contributed by atoms with Crippen LogP contribution in [-0.4, -0.2) is 66.8 Å². The van der Waals surface area contributed by atoms with Crippen molar-refractivity contribution in [2.45, 2.75) is 33.8 Å². The lowest BCUT2D eigenvalue weighted by atomic mass is 10.2. The summed E-state index contributed by atoms with van der Waals surface area (Å²) >= 11 is 2.63. The normalized spacial score (nSPS) is 26.8. The minimum atomic E-state index is -1.15. The number of nitrogen functional groups attached to an aromatic ring is 1. The third kappa shape index (κ3) is 3.13. The topological polar surface area (TPSA) is 127 Å². The number of aliphatic hydroxyl groups is 3. The van der Waals surface area contributed by atoms with Crippen LogP contribution in [0.3, 0.4) is 0 Å². The van der Waals surface area contributed by atoms with E-state index in [-0.39, 0.29) is 6.61 Å². The van der Waals surface area contributed by atoms with Crippen molar-refractivity contribution >= 4 is 23.5 Å². The summed E-state index contributed by atoms with van der Waals surface area (Å²) in [6.07, 6.45) is -1.17. The molecule has 0 spiro atoms. The Morgan fingerprint density at radius 2 is 2.00 bits per heavy atom. The Balaban J connectivity index is 1.83. The smallest absolute Gasteiger partial charge is 0.212 e. The number of aliphatic hydroxyl groups excluding tert-OH is 3. The van der Waals surface area contributed by atoms with E-state index in [4.69, 9.17) is 15.7 Å². The van der Waals surface area contributed by atoms with Crippen LogP contribution in [0, 0.1) is 0 Å². The summed E-state index contributed by atoms with van der Waals surface area (Å²) in [5, 5.41) is 37.5. The van der Waals surface area contributed by atoms with Crippen LogP contribution in [0.5, 0.6) is 0 Å². The zero-order valence-corrected chi connectivity index (χ0v) is 14.4. The van der Waals surface area contributed by atoms with E-state index in [0.717, 1.165) is 22.2 Å². The molecule has 2 heterocycles. The van der Waals surface area contributed by atoms with Gasteiger partial charge in [-0.25, -0.2) is 4.68 Å². The van der Waals surface area contributed by atoms with E-state index in [0.29, 0.717) is 11.0 Å². The third-order valence-corrected chi connectivity index (χ3v) is 5.64. The molecule has 1 aromatic carbocycles. The second kappa shape index (κ2) is 7.30. The van der Waals surface area contributed by atoms with E-state index in [1.807, 2.05) is 30.5 Å². The lowest BCUT2D eigenvalue weighted by molar-refractivity contribution is -0.00811. The van der Waals surface area contributed by atoms with Gasteiger partial charge in [-0.1, -0.05) is 12.1 Å². The Kier molecular flexibility index (Phi) is 5.33. The second-order valence-corrected chi connectivity index (χ2v) is 7.11. The number of benzene rings is 1. The van der Waals surface area contributed by atoms with Gasteiger partial charge in [-0.05, 0) is 30.2 Å². The van der Waals surface area contributed by atoms with Gasteiger partial charge >= 0.3 is 0 Å². The number of thioether (sulfide) groups is 2. The molecule has 0 bridgehead atoms. The highest BCUT2D eigenvalue weighted by Gasteiger charge is 2.43. The number of nitrogens with zero attached hydrogens (tertiary/aromatic N) is 3. The molecule has 10 heteroatoms. The predicted molar refractivity (Wildman–Crippen MR) is 91.0 cm³/mol. The average molecular weight is 370 g/mol. The summed E-state index contributed by atoms with van der Waals surface area (Å²) in [4.78, 5) is 1.01. The lowest BCUT2D eigenvalue weighted by Gasteiger charge is -2.13. The van der Waals surface area contributed by atoms with Gasteiger partial charge in [0, 0.05) is 10.5 Å². The summed E-state index contributed by atoms with van der Waals surface area (Å²) < 4.78 is 6.75. The Morgan fingerprint density at radius 3 is 2.67 bits per heavy atom. The fraction of sp³-hybridized carbons (Fsp3) is 0.429. The van der Waals surface area contributed by atoms with E-state index in [1.165, 1.54) is 4.68 Å². The molecule has 1 aromatic heterocycles. The maximum absolute atomic E-state index is 10.0. The molecule has 0 unspecified atom stereocenters. The van der Waals surface area contributed by atoms with E-state index in [9.17, 15) is 10.2 Å². The van der Waals surface area contributed by atoms with Crippen LogP contribution in [0.2, 0.25) is 0 Å². The number of rotatable bonds is 5. The molecule has 8 nitrogen and oxygen atoms in total. The first-order chi connectivity index (χ1) is 11.6. The first-order valence-electron chi connectivity index (χ1n) is 7.19. The minimum Gasteiger partial charge on any atom is -0.394 e. The van der Waals surface area contributed by atoms with Crippen LogP contribution < -0.4 is 5.84 Å². The fourth-order valence-electron chi connectivity index (χ4n) is 2.44. The highest BCUT2D eigenvalue weighted by atomic mass is 32.2. The fourth-order valence-corrected chi connectivity index (χ4v) is 4.03. The van der Waals surface area contributed by atoms with Crippen molar-refractivity contribution in [3.8, 4) is 11.4 Å². The number of hydrogen-bond acceptors (Lipinski definition) is 9. The summed E-state index contributed by atoms with van der Waals surface area (Å²) in [5.41, 5.74) is 0.0697. The zero-order chi connectivity index (χ0) is 17.3. The molecular weight excluding hydrogens is 352 g/mol. The highest BCUT2D eigenvalue weighted by Crippen LogP contribution is 2.35. The molecule has 1 fully saturated rings. The Hall–Kier alpha value is -1.30. The molecule has 2 aromatic rings. The van der Waals surface area contributed by atoms with Crippen molar-refractivity contribution in [2.75, 3.05) is 18.7 Å². The van der Waals surface area contributed by atoms with Gasteiger partial charge in [0.1, 0.15) is 23.7 Å². The first kappa shape index (κ1) is 17.5. The maximum atomic E-state index is 10.0. The molecule has 24 heavy (non-hydrogen) atoms. The van der Waals surface area contributed by atoms with Crippen molar-refractivity contribution in [1.82, 2.24) is 14.9 Å². The molecule has 0 saturated carbocycles. The van der Waals surface area contributed by atoms with Gasteiger partial charge < -0.3 is 25.9 Å². The van der Waals surface area contributed by atoms with Gasteiger partial charge in [-0.15, -0.1) is 22.0 Å². The SMILES string of the molecule is CSc1ccccc1-c1nnc(S[C@@H]2O[C@H](CO)[C@@H](O)[C@H]2O)n1N. The van der Waals surface area contributed by atoms with Crippen molar-refractivity contribution in [2.24, 2.45) is 0 Å². The Morgan fingerprint density at radius 1 is 1.25 bits per heavy atom. The Bertz CT molecular complexity index is 714. The molecule has 0 amide bonds. The van der Waals surface area contributed by atoms with Gasteiger partial charge in [0.05, 0.1) is 6.61 Å². The second-order valence-electron chi connectivity index (χ2n) is 5.20. The monoisotopic (exact) mass is 370 g/mol. The quantitative estimate of drug-likeness (QED) is 0.422. The number of hydrogen-bond donors (Lipinski definition) is 4.